The summed E-state index contributed by atoms with van der Waals surface area (Å²) in [6, 6.07) is 7.23. The van der Waals surface area contributed by atoms with E-state index >= 15 is 0 Å². The fourth-order valence-corrected chi connectivity index (χ4v) is 2.33. The largest absolute Gasteiger partial charge is 0.465 e. The van der Waals surface area contributed by atoms with Gasteiger partial charge in [0.2, 0.25) is 5.91 Å². The molecule has 1 fully saturated rings. The van der Waals surface area contributed by atoms with E-state index in [1.54, 1.807) is 12.1 Å². The molecular formula is C15H20N2O3. The highest BCUT2D eigenvalue weighted by Gasteiger charge is 2.21. The summed E-state index contributed by atoms with van der Waals surface area (Å²) < 4.78 is 4.68. The van der Waals surface area contributed by atoms with Crippen molar-refractivity contribution in [2.45, 2.75) is 25.3 Å². The molecule has 0 aliphatic carbocycles. The van der Waals surface area contributed by atoms with E-state index in [2.05, 4.69) is 15.4 Å². The molecule has 1 aliphatic heterocycles. The first-order chi connectivity index (χ1) is 9.70. The van der Waals surface area contributed by atoms with Gasteiger partial charge in [-0.3, -0.25) is 4.79 Å². The average Bonchev–Trinajstić information content (AvgIpc) is 3.01. The lowest BCUT2D eigenvalue weighted by molar-refractivity contribution is -0.122. The summed E-state index contributed by atoms with van der Waals surface area (Å²) in [4.78, 5) is 23.2. The zero-order valence-corrected chi connectivity index (χ0v) is 11.6. The second kappa shape index (κ2) is 7.05. The zero-order chi connectivity index (χ0) is 14.4. The first-order valence-electron chi connectivity index (χ1n) is 6.89. The van der Waals surface area contributed by atoms with Gasteiger partial charge in [-0.2, -0.15) is 0 Å². The van der Waals surface area contributed by atoms with Gasteiger partial charge in [0, 0.05) is 6.54 Å². The minimum Gasteiger partial charge on any atom is -0.465 e. The van der Waals surface area contributed by atoms with Crippen LogP contribution in [-0.4, -0.2) is 38.1 Å². The highest BCUT2D eigenvalue weighted by atomic mass is 16.5. The van der Waals surface area contributed by atoms with Gasteiger partial charge in [-0.15, -0.1) is 0 Å². The summed E-state index contributed by atoms with van der Waals surface area (Å²) in [6.45, 7) is 1.49. The van der Waals surface area contributed by atoms with Gasteiger partial charge in [-0.05, 0) is 43.5 Å². The van der Waals surface area contributed by atoms with Gasteiger partial charge >= 0.3 is 5.97 Å². The SMILES string of the molecule is COC(=O)c1cccc(CCNC(=O)C2CCCN2)c1. The van der Waals surface area contributed by atoms with E-state index in [4.69, 9.17) is 0 Å². The minimum atomic E-state index is -0.342. The monoisotopic (exact) mass is 276 g/mol. The predicted octanol–water partition coefficient (Wildman–Crippen LogP) is 0.884. The number of rotatable bonds is 5. The maximum Gasteiger partial charge on any atom is 0.337 e. The standard InChI is InChI=1S/C15H20N2O3/c1-20-15(19)12-5-2-4-11(10-12)7-9-17-14(18)13-6-3-8-16-13/h2,4-5,10,13,16H,3,6-9H2,1H3,(H,17,18). The molecule has 1 heterocycles. The topological polar surface area (TPSA) is 67.4 Å². The van der Waals surface area contributed by atoms with Crippen LogP contribution in [0.1, 0.15) is 28.8 Å². The van der Waals surface area contributed by atoms with Gasteiger partial charge in [0.1, 0.15) is 0 Å². The van der Waals surface area contributed by atoms with Crippen LogP contribution in [0.5, 0.6) is 0 Å². The van der Waals surface area contributed by atoms with Crippen LogP contribution in [0.15, 0.2) is 24.3 Å². The van der Waals surface area contributed by atoms with Crippen LogP contribution in [0, 0.1) is 0 Å². The molecule has 1 aliphatic rings. The van der Waals surface area contributed by atoms with Gasteiger partial charge < -0.3 is 15.4 Å². The van der Waals surface area contributed by atoms with Crippen molar-refractivity contribution >= 4 is 11.9 Å². The molecule has 0 spiro atoms. The third kappa shape index (κ3) is 3.81. The lowest BCUT2D eigenvalue weighted by atomic mass is 10.1. The number of hydrogen-bond acceptors (Lipinski definition) is 4. The number of nitrogens with one attached hydrogen (secondary N) is 2. The van der Waals surface area contributed by atoms with Crippen molar-refractivity contribution in [2.75, 3.05) is 20.2 Å². The molecule has 20 heavy (non-hydrogen) atoms. The Kier molecular flexibility index (Phi) is 5.12. The number of carbonyl (C=O) groups is 2. The molecule has 0 aromatic heterocycles. The Balaban J connectivity index is 1.81. The molecule has 108 valence electrons. The quantitative estimate of drug-likeness (QED) is 0.784. The lowest BCUT2D eigenvalue weighted by Gasteiger charge is -2.11. The second-order valence-electron chi connectivity index (χ2n) is 4.88. The Morgan fingerprint density at radius 2 is 2.30 bits per heavy atom. The summed E-state index contributed by atoms with van der Waals surface area (Å²) >= 11 is 0. The third-order valence-electron chi connectivity index (χ3n) is 3.44. The van der Waals surface area contributed by atoms with Crippen molar-refractivity contribution in [3.05, 3.63) is 35.4 Å². The lowest BCUT2D eigenvalue weighted by Crippen LogP contribution is -2.41. The number of ether oxygens (including phenoxy) is 1. The summed E-state index contributed by atoms with van der Waals surface area (Å²) in [5.74, 6) is -0.280. The molecule has 1 atom stereocenters. The number of hydrogen-bond donors (Lipinski definition) is 2. The number of methoxy groups -OCH3 is 1. The molecular weight excluding hydrogens is 256 g/mol. The highest BCUT2D eigenvalue weighted by Crippen LogP contribution is 2.08. The highest BCUT2D eigenvalue weighted by molar-refractivity contribution is 5.89. The molecule has 0 radical (unpaired) electrons. The smallest absolute Gasteiger partial charge is 0.337 e. The summed E-state index contributed by atoms with van der Waals surface area (Å²) in [6.07, 6.45) is 2.66. The van der Waals surface area contributed by atoms with Crippen LogP contribution in [0.3, 0.4) is 0 Å². The van der Waals surface area contributed by atoms with Gasteiger partial charge in [0.15, 0.2) is 0 Å². The molecule has 0 bridgehead atoms. The van der Waals surface area contributed by atoms with E-state index in [-0.39, 0.29) is 17.9 Å². The van der Waals surface area contributed by atoms with Crippen LogP contribution in [0.25, 0.3) is 0 Å². The Morgan fingerprint density at radius 3 is 3.00 bits per heavy atom. The molecule has 2 rings (SSSR count). The number of amides is 1. The van der Waals surface area contributed by atoms with Crippen LogP contribution in [-0.2, 0) is 16.0 Å². The maximum atomic E-state index is 11.8. The Hall–Kier alpha value is -1.88. The third-order valence-corrected chi connectivity index (χ3v) is 3.44. The number of benzene rings is 1. The second-order valence-corrected chi connectivity index (χ2v) is 4.88. The molecule has 1 aromatic rings. The zero-order valence-electron chi connectivity index (χ0n) is 11.6. The van der Waals surface area contributed by atoms with Crippen molar-refractivity contribution in [3.8, 4) is 0 Å². The van der Waals surface area contributed by atoms with Gasteiger partial charge in [0.25, 0.3) is 0 Å². The molecule has 1 saturated heterocycles. The molecule has 5 heteroatoms. The summed E-state index contributed by atoms with van der Waals surface area (Å²) in [7, 11) is 1.36. The van der Waals surface area contributed by atoms with Crippen LogP contribution in [0.4, 0.5) is 0 Å². The number of carbonyl (C=O) groups excluding carboxylic acids is 2. The first-order valence-corrected chi connectivity index (χ1v) is 6.89. The van der Waals surface area contributed by atoms with Crippen molar-refractivity contribution in [1.82, 2.24) is 10.6 Å². The van der Waals surface area contributed by atoms with E-state index in [0.29, 0.717) is 18.5 Å². The molecule has 0 saturated carbocycles. The molecule has 2 N–H and O–H groups in total. The normalized spacial score (nSPS) is 17.8. The van der Waals surface area contributed by atoms with Crippen LogP contribution >= 0.6 is 0 Å². The molecule has 5 nitrogen and oxygen atoms in total. The fourth-order valence-electron chi connectivity index (χ4n) is 2.33. The van der Waals surface area contributed by atoms with E-state index in [0.717, 1.165) is 24.9 Å². The molecule has 1 unspecified atom stereocenters. The maximum absolute atomic E-state index is 11.8. The average molecular weight is 276 g/mol. The van der Waals surface area contributed by atoms with Gasteiger partial charge in [-0.25, -0.2) is 4.79 Å². The van der Waals surface area contributed by atoms with Crippen LogP contribution in [0.2, 0.25) is 0 Å². The van der Waals surface area contributed by atoms with Crippen molar-refractivity contribution < 1.29 is 14.3 Å². The fraction of sp³-hybridized carbons (Fsp3) is 0.467. The Labute approximate surface area is 118 Å². The summed E-state index contributed by atoms with van der Waals surface area (Å²) in [5.41, 5.74) is 1.54. The molecule has 1 amide bonds. The number of esters is 1. The van der Waals surface area contributed by atoms with E-state index in [1.807, 2.05) is 12.1 Å². The van der Waals surface area contributed by atoms with Crippen molar-refractivity contribution in [3.63, 3.8) is 0 Å². The predicted molar refractivity (Wildman–Crippen MR) is 75.5 cm³/mol. The Morgan fingerprint density at radius 1 is 1.45 bits per heavy atom. The Bertz CT molecular complexity index is 482. The van der Waals surface area contributed by atoms with Crippen molar-refractivity contribution in [1.29, 1.82) is 0 Å². The summed E-state index contributed by atoms with van der Waals surface area (Å²) in [5, 5.41) is 6.08. The first kappa shape index (κ1) is 14.5. The van der Waals surface area contributed by atoms with E-state index < -0.39 is 0 Å². The van der Waals surface area contributed by atoms with Gasteiger partial charge in [-0.1, -0.05) is 12.1 Å². The minimum absolute atomic E-state index is 0.0450. The van der Waals surface area contributed by atoms with Crippen LogP contribution < -0.4 is 10.6 Å². The van der Waals surface area contributed by atoms with E-state index in [9.17, 15) is 9.59 Å². The molecule has 1 aromatic carbocycles. The van der Waals surface area contributed by atoms with Crippen molar-refractivity contribution in [2.24, 2.45) is 0 Å². The van der Waals surface area contributed by atoms with E-state index in [1.165, 1.54) is 7.11 Å². The van der Waals surface area contributed by atoms with Gasteiger partial charge in [0.05, 0.1) is 18.7 Å².